The lowest BCUT2D eigenvalue weighted by atomic mass is 9.98. The third-order valence-corrected chi connectivity index (χ3v) is 7.03. The number of benzene rings is 1. The number of cyclic esters (lactones) is 1. The van der Waals surface area contributed by atoms with E-state index in [1.165, 1.54) is 12.8 Å². The molecule has 0 bridgehead atoms. The van der Waals surface area contributed by atoms with Crippen LogP contribution in [-0.2, 0) is 30.3 Å². The van der Waals surface area contributed by atoms with E-state index in [-0.39, 0.29) is 24.7 Å². The number of nitrogens with one attached hydrogen (secondary N) is 3. The number of esters is 1. The van der Waals surface area contributed by atoms with Gasteiger partial charge < -0.3 is 20.7 Å². The fraction of sp³-hybridized carbons (Fsp3) is 0.655. The van der Waals surface area contributed by atoms with Gasteiger partial charge in [0.05, 0.1) is 6.42 Å². The molecule has 37 heavy (non-hydrogen) atoms. The van der Waals surface area contributed by atoms with E-state index in [4.69, 9.17) is 4.74 Å². The summed E-state index contributed by atoms with van der Waals surface area (Å²) in [6.07, 6.45) is 7.29. The Morgan fingerprint density at radius 3 is 2.24 bits per heavy atom. The van der Waals surface area contributed by atoms with E-state index >= 15 is 0 Å². The summed E-state index contributed by atoms with van der Waals surface area (Å²) in [6, 6.07) is 6.79. The van der Waals surface area contributed by atoms with Crippen LogP contribution in [0.5, 0.6) is 0 Å². The number of hydrogen-bond donors (Lipinski definition) is 3. The van der Waals surface area contributed by atoms with Gasteiger partial charge in [-0.3, -0.25) is 14.4 Å². The third kappa shape index (κ3) is 10.5. The second kappa shape index (κ2) is 16.0. The van der Waals surface area contributed by atoms with Gasteiger partial charge in [-0.15, -0.1) is 0 Å². The molecule has 1 aromatic rings. The van der Waals surface area contributed by atoms with Crippen LogP contribution in [0.1, 0.15) is 91.0 Å². The zero-order valence-corrected chi connectivity index (χ0v) is 22.9. The highest BCUT2D eigenvalue weighted by molar-refractivity contribution is 5.94. The average Bonchev–Trinajstić information content (AvgIpc) is 2.88. The Hall–Kier alpha value is -2.90. The number of ether oxygens (including phenoxy) is 1. The lowest BCUT2D eigenvalue weighted by Crippen LogP contribution is -2.55. The molecule has 0 spiro atoms. The topological polar surface area (TPSA) is 114 Å². The van der Waals surface area contributed by atoms with E-state index in [0.717, 1.165) is 31.2 Å². The second-order valence-corrected chi connectivity index (χ2v) is 10.2. The summed E-state index contributed by atoms with van der Waals surface area (Å²) < 4.78 is 5.84. The molecule has 3 amide bonds. The van der Waals surface area contributed by atoms with Crippen LogP contribution < -0.4 is 16.0 Å². The summed E-state index contributed by atoms with van der Waals surface area (Å²) >= 11 is 0. The fourth-order valence-electron chi connectivity index (χ4n) is 4.44. The molecule has 2 rings (SSSR count). The van der Waals surface area contributed by atoms with E-state index in [9.17, 15) is 19.2 Å². The van der Waals surface area contributed by atoms with Crippen molar-refractivity contribution in [2.45, 2.75) is 116 Å². The summed E-state index contributed by atoms with van der Waals surface area (Å²) in [5.74, 6) is -1.97. The first-order valence-corrected chi connectivity index (χ1v) is 13.9. The van der Waals surface area contributed by atoms with Crippen LogP contribution >= 0.6 is 0 Å². The van der Waals surface area contributed by atoms with Crippen LogP contribution in [0.3, 0.4) is 0 Å². The van der Waals surface area contributed by atoms with Crippen molar-refractivity contribution < 1.29 is 23.9 Å². The van der Waals surface area contributed by atoms with Crippen LogP contribution in [0.2, 0.25) is 0 Å². The highest BCUT2D eigenvalue weighted by Gasteiger charge is 2.33. The van der Waals surface area contributed by atoms with Gasteiger partial charge in [0.25, 0.3) is 0 Å². The molecule has 0 aromatic heterocycles. The van der Waals surface area contributed by atoms with Crippen molar-refractivity contribution in [3.8, 4) is 0 Å². The molecule has 5 atom stereocenters. The van der Waals surface area contributed by atoms with Gasteiger partial charge >= 0.3 is 5.97 Å². The molecule has 8 nitrogen and oxygen atoms in total. The molecule has 1 aliphatic rings. The SMILES string of the molecule is CCCCCCCC[C@@H]1CC(=O)N[C@H](Cc2ccccc2)C(=O)N[C@H](C)C(=O)N[C@H]([C@H](C)CC)C(=O)O1. The zero-order valence-electron chi connectivity index (χ0n) is 22.9. The smallest absolute Gasteiger partial charge is 0.329 e. The van der Waals surface area contributed by atoms with Crippen molar-refractivity contribution in [2.75, 3.05) is 0 Å². The minimum atomic E-state index is -0.887. The molecule has 1 heterocycles. The number of unbranched alkanes of at least 4 members (excludes halogenated alkanes) is 5. The Morgan fingerprint density at radius 1 is 0.892 bits per heavy atom. The standard InChI is InChI=1S/C29H45N3O5/c1-5-7-8-9-10-14-17-23-19-25(33)31-24(18-22-15-12-11-13-16-22)28(35)30-21(4)27(34)32-26(20(3)6-2)29(36)37-23/h11-13,15-16,20-21,23-24,26H,5-10,14,17-19H2,1-4H3,(H,30,35)(H,31,33)(H,32,34)/t20-,21-,23-,24-,26-/m1/s1. The Morgan fingerprint density at radius 2 is 1.57 bits per heavy atom. The van der Waals surface area contributed by atoms with Crippen molar-refractivity contribution in [3.63, 3.8) is 0 Å². The molecule has 0 radical (unpaired) electrons. The second-order valence-electron chi connectivity index (χ2n) is 10.2. The Labute approximate surface area is 221 Å². The van der Waals surface area contributed by atoms with E-state index in [1.54, 1.807) is 6.92 Å². The summed E-state index contributed by atoms with van der Waals surface area (Å²) in [6.45, 7) is 7.54. The average molecular weight is 516 g/mol. The van der Waals surface area contributed by atoms with Crippen LogP contribution in [0.25, 0.3) is 0 Å². The predicted molar refractivity (Wildman–Crippen MR) is 144 cm³/mol. The van der Waals surface area contributed by atoms with Crippen molar-refractivity contribution in [3.05, 3.63) is 35.9 Å². The summed E-state index contributed by atoms with van der Waals surface area (Å²) in [5, 5.41) is 8.31. The van der Waals surface area contributed by atoms with Gasteiger partial charge in [0.2, 0.25) is 17.7 Å². The molecule has 0 unspecified atom stereocenters. The molecule has 8 heteroatoms. The number of carbonyl (C=O) groups is 4. The minimum absolute atomic E-state index is 0.0318. The molecule has 0 saturated carbocycles. The van der Waals surface area contributed by atoms with E-state index in [2.05, 4.69) is 22.9 Å². The Bertz CT molecular complexity index is 876. The first-order chi connectivity index (χ1) is 17.7. The molecule has 0 aliphatic carbocycles. The maximum Gasteiger partial charge on any atom is 0.329 e. The van der Waals surface area contributed by atoms with E-state index < -0.39 is 42.0 Å². The molecule has 1 fully saturated rings. The fourth-order valence-corrected chi connectivity index (χ4v) is 4.44. The highest BCUT2D eigenvalue weighted by Crippen LogP contribution is 2.17. The molecular formula is C29H45N3O5. The van der Waals surface area contributed by atoms with Gasteiger partial charge in [0.1, 0.15) is 24.2 Å². The summed E-state index contributed by atoms with van der Waals surface area (Å²) in [4.78, 5) is 52.3. The van der Waals surface area contributed by atoms with Gasteiger partial charge in [-0.25, -0.2) is 4.79 Å². The largest absolute Gasteiger partial charge is 0.460 e. The molecule has 206 valence electrons. The molecule has 3 N–H and O–H groups in total. The first kappa shape index (κ1) is 30.3. The van der Waals surface area contributed by atoms with Crippen molar-refractivity contribution in [2.24, 2.45) is 5.92 Å². The number of carbonyl (C=O) groups excluding carboxylic acids is 4. The summed E-state index contributed by atoms with van der Waals surface area (Å²) in [7, 11) is 0. The third-order valence-electron chi connectivity index (χ3n) is 7.03. The van der Waals surface area contributed by atoms with Gasteiger partial charge in [-0.05, 0) is 31.2 Å². The van der Waals surface area contributed by atoms with Gasteiger partial charge in [-0.1, -0.05) is 89.6 Å². The molecule has 1 aliphatic heterocycles. The molecule has 1 saturated heterocycles. The van der Waals surface area contributed by atoms with Gasteiger partial charge in [0.15, 0.2) is 0 Å². The van der Waals surface area contributed by atoms with Crippen LogP contribution in [0.4, 0.5) is 0 Å². The van der Waals surface area contributed by atoms with Gasteiger partial charge in [0, 0.05) is 6.42 Å². The Kier molecular flexibility index (Phi) is 13.2. The zero-order chi connectivity index (χ0) is 27.2. The van der Waals surface area contributed by atoms with Crippen LogP contribution in [0.15, 0.2) is 30.3 Å². The first-order valence-electron chi connectivity index (χ1n) is 13.9. The van der Waals surface area contributed by atoms with Crippen molar-refractivity contribution in [1.82, 2.24) is 16.0 Å². The van der Waals surface area contributed by atoms with Gasteiger partial charge in [-0.2, -0.15) is 0 Å². The molecular weight excluding hydrogens is 470 g/mol. The van der Waals surface area contributed by atoms with Crippen LogP contribution in [-0.4, -0.2) is 47.9 Å². The lowest BCUT2D eigenvalue weighted by molar-refractivity contribution is -0.156. The monoisotopic (exact) mass is 515 g/mol. The van der Waals surface area contributed by atoms with E-state index in [0.29, 0.717) is 12.8 Å². The number of amides is 3. The highest BCUT2D eigenvalue weighted by atomic mass is 16.5. The van der Waals surface area contributed by atoms with Crippen LogP contribution in [0, 0.1) is 5.92 Å². The summed E-state index contributed by atoms with van der Waals surface area (Å²) in [5.41, 5.74) is 0.885. The van der Waals surface area contributed by atoms with Crippen molar-refractivity contribution >= 4 is 23.7 Å². The Balaban J connectivity index is 2.24. The normalized spacial score (nSPS) is 24.4. The maximum atomic E-state index is 13.2. The molecule has 1 aromatic carbocycles. The maximum absolute atomic E-state index is 13.2. The quantitative estimate of drug-likeness (QED) is 0.306. The predicted octanol–water partition coefficient (Wildman–Crippen LogP) is 3.82. The van der Waals surface area contributed by atoms with E-state index in [1.807, 2.05) is 44.2 Å². The lowest BCUT2D eigenvalue weighted by Gasteiger charge is -2.26. The number of hydrogen-bond acceptors (Lipinski definition) is 5. The van der Waals surface area contributed by atoms with Crippen molar-refractivity contribution in [1.29, 1.82) is 0 Å². The minimum Gasteiger partial charge on any atom is -0.460 e. The number of rotatable bonds is 11.